The van der Waals surface area contributed by atoms with Crippen molar-refractivity contribution in [3.63, 3.8) is 0 Å². The van der Waals surface area contributed by atoms with Gasteiger partial charge in [0.2, 0.25) is 0 Å². The molecule has 6 heteroatoms. The summed E-state index contributed by atoms with van der Waals surface area (Å²) in [5, 5.41) is 2.74. The SMILES string of the molecule is CCc1cnc(CNC(=O)C(F)F)s1. The predicted octanol–water partition coefficient (Wildman–Crippen LogP) is 1.59. The van der Waals surface area contributed by atoms with Gasteiger partial charge in [0.05, 0.1) is 6.54 Å². The standard InChI is InChI=1S/C8H10F2N2OS/c1-2-5-3-11-6(14-5)4-12-8(13)7(9)10/h3,7H,2,4H2,1H3,(H,12,13). The molecule has 0 saturated carbocycles. The number of hydrogen-bond donors (Lipinski definition) is 1. The van der Waals surface area contributed by atoms with Gasteiger partial charge in [-0.3, -0.25) is 4.79 Å². The minimum absolute atomic E-state index is 0.0772. The van der Waals surface area contributed by atoms with Gasteiger partial charge in [-0.25, -0.2) is 4.98 Å². The summed E-state index contributed by atoms with van der Waals surface area (Å²) in [4.78, 5) is 15.6. The number of nitrogens with zero attached hydrogens (tertiary/aromatic N) is 1. The summed E-state index contributed by atoms with van der Waals surface area (Å²) in [5.41, 5.74) is 0. The zero-order chi connectivity index (χ0) is 10.6. The minimum Gasteiger partial charge on any atom is -0.345 e. The second-order valence-corrected chi connectivity index (χ2v) is 3.79. The van der Waals surface area contributed by atoms with Crippen molar-refractivity contribution in [2.75, 3.05) is 0 Å². The van der Waals surface area contributed by atoms with Crippen molar-refractivity contribution in [1.82, 2.24) is 10.3 Å². The van der Waals surface area contributed by atoms with Gasteiger partial charge in [-0.1, -0.05) is 6.92 Å². The fourth-order valence-corrected chi connectivity index (χ4v) is 1.64. The van der Waals surface area contributed by atoms with Crippen LogP contribution in [-0.4, -0.2) is 17.3 Å². The molecule has 0 unspecified atom stereocenters. The topological polar surface area (TPSA) is 42.0 Å². The molecule has 1 N–H and O–H groups in total. The highest BCUT2D eigenvalue weighted by Crippen LogP contribution is 2.12. The fraction of sp³-hybridized carbons (Fsp3) is 0.500. The number of thiazole rings is 1. The van der Waals surface area contributed by atoms with E-state index < -0.39 is 12.3 Å². The first-order chi connectivity index (χ1) is 6.63. The fourth-order valence-electron chi connectivity index (χ4n) is 0.833. The van der Waals surface area contributed by atoms with Gasteiger partial charge in [-0.15, -0.1) is 11.3 Å². The van der Waals surface area contributed by atoms with E-state index in [1.54, 1.807) is 6.20 Å². The number of amides is 1. The first-order valence-corrected chi connectivity index (χ1v) is 4.94. The Hall–Kier alpha value is -1.04. The van der Waals surface area contributed by atoms with Gasteiger partial charge in [0, 0.05) is 11.1 Å². The molecule has 0 aliphatic heterocycles. The van der Waals surface area contributed by atoms with Gasteiger partial charge < -0.3 is 5.32 Å². The molecule has 0 spiro atoms. The van der Waals surface area contributed by atoms with Crippen LogP contribution in [0.15, 0.2) is 6.20 Å². The number of aromatic nitrogens is 1. The third kappa shape index (κ3) is 3.02. The molecule has 0 saturated heterocycles. The maximum Gasteiger partial charge on any atom is 0.315 e. The first kappa shape index (κ1) is 11.0. The largest absolute Gasteiger partial charge is 0.345 e. The third-order valence-corrected chi connectivity index (χ3v) is 2.70. The Kier molecular flexibility index (Phi) is 3.94. The summed E-state index contributed by atoms with van der Waals surface area (Å²) in [7, 11) is 0. The van der Waals surface area contributed by atoms with Crippen molar-refractivity contribution >= 4 is 17.2 Å². The van der Waals surface area contributed by atoms with Crippen molar-refractivity contribution in [3.05, 3.63) is 16.1 Å². The van der Waals surface area contributed by atoms with E-state index in [1.165, 1.54) is 11.3 Å². The van der Waals surface area contributed by atoms with Crippen LogP contribution in [0.3, 0.4) is 0 Å². The van der Waals surface area contributed by atoms with E-state index in [9.17, 15) is 13.6 Å². The summed E-state index contributed by atoms with van der Waals surface area (Å²) in [6, 6.07) is 0. The summed E-state index contributed by atoms with van der Waals surface area (Å²) in [6.45, 7) is 2.06. The van der Waals surface area contributed by atoms with Gasteiger partial charge in [-0.05, 0) is 6.42 Å². The van der Waals surface area contributed by atoms with E-state index in [4.69, 9.17) is 0 Å². The Bertz CT molecular complexity index is 314. The second-order valence-electron chi connectivity index (χ2n) is 2.59. The smallest absolute Gasteiger partial charge is 0.315 e. The number of carbonyl (C=O) groups excluding carboxylic acids is 1. The number of carbonyl (C=O) groups is 1. The van der Waals surface area contributed by atoms with E-state index in [1.807, 2.05) is 6.92 Å². The normalized spacial score (nSPS) is 10.6. The van der Waals surface area contributed by atoms with E-state index in [-0.39, 0.29) is 6.54 Å². The van der Waals surface area contributed by atoms with Crippen molar-refractivity contribution in [1.29, 1.82) is 0 Å². The Morgan fingerprint density at radius 2 is 2.43 bits per heavy atom. The molecule has 78 valence electrons. The molecule has 0 aromatic carbocycles. The summed E-state index contributed by atoms with van der Waals surface area (Å²) in [5.74, 6) is -1.25. The summed E-state index contributed by atoms with van der Waals surface area (Å²) in [6.07, 6.45) is -0.407. The van der Waals surface area contributed by atoms with Crippen LogP contribution in [0.2, 0.25) is 0 Å². The number of hydrogen-bond acceptors (Lipinski definition) is 3. The number of alkyl halides is 2. The molecule has 0 aliphatic rings. The lowest BCUT2D eigenvalue weighted by atomic mass is 10.4. The molecule has 1 amide bonds. The van der Waals surface area contributed by atoms with Gasteiger partial charge in [-0.2, -0.15) is 8.78 Å². The van der Waals surface area contributed by atoms with E-state index in [2.05, 4.69) is 10.3 Å². The monoisotopic (exact) mass is 220 g/mol. The van der Waals surface area contributed by atoms with Crippen LogP contribution < -0.4 is 5.32 Å². The lowest BCUT2D eigenvalue weighted by molar-refractivity contribution is -0.131. The summed E-state index contributed by atoms with van der Waals surface area (Å²) >= 11 is 1.42. The molecular weight excluding hydrogens is 210 g/mol. The molecule has 0 fully saturated rings. The van der Waals surface area contributed by atoms with Crippen molar-refractivity contribution < 1.29 is 13.6 Å². The average molecular weight is 220 g/mol. The molecule has 0 atom stereocenters. The Balaban J connectivity index is 2.41. The highest BCUT2D eigenvalue weighted by Gasteiger charge is 2.14. The molecule has 14 heavy (non-hydrogen) atoms. The van der Waals surface area contributed by atoms with E-state index >= 15 is 0 Å². The Morgan fingerprint density at radius 1 is 1.71 bits per heavy atom. The number of nitrogens with one attached hydrogen (secondary N) is 1. The van der Waals surface area contributed by atoms with Crippen LogP contribution in [0.4, 0.5) is 8.78 Å². The highest BCUT2D eigenvalue weighted by molar-refractivity contribution is 7.11. The average Bonchev–Trinajstić information content (AvgIpc) is 2.61. The molecule has 3 nitrogen and oxygen atoms in total. The highest BCUT2D eigenvalue weighted by atomic mass is 32.1. The molecule has 1 rings (SSSR count). The first-order valence-electron chi connectivity index (χ1n) is 4.13. The van der Waals surface area contributed by atoms with Crippen molar-refractivity contribution in [3.8, 4) is 0 Å². The Morgan fingerprint density at radius 3 is 2.93 bits per heavy atom. The van der Waals surface area contributed by atoms with E-state index in [0.717, 1.165) is 11.3 Å². The maximum absolute atomic E-state index is 11.8. The molecule has 1 heterocycles. The van der Waals surface area contributed by atoms with Crippen LogP contribution in [-0.2, 0) is 17.8 Å². The van der Waals surface area contributed by atoms with Crippen molar-refractivity contribution in [2.45, 2.75) is 26.3 Å². The summed E-state index contributed by atoms with van der Waals surface area (Å²) < 4.78 is 23.5. The van der Waals surface area contributed by atoms with Crippen molar-refractivity contribution in [2.24, 2.45) is 0 Å². The number of rotatable bonds is 4. The van der Waals surface area contributed by atoms with E-state index in [0.29, 0.717) is 5.01 Å². The van der Waals surface area contributed by atoms with Crippen LogP contribution in [0.5, 0.6) is 0 Å². The number of halogens is 2. The second kappa shape index (κ2) is 4.99. The van der Waals surface area contributed by atoms with Gasteiger partial charge in [0.1, 0.15) is 5.01 Å². The van der Waals surface area contributed by atoms with Gasteiger partial charge in [0.15, 0.2) is 0 Å². The van der Waals surface area contributed by atoms with Crippen LogP contribution in [0, 0.1) is 0 Å². The number of aryl methyl sites for hydroxylation is 1. The predicted molar refractivity (Wildman–Crippen MR) is 49.3 cm³/mol. The van der Waals surface area contributed by atoms with Crippen LogP contribution in [0.25, 0.3) is 0 Å². The zero-order valence-corrected chi connectivity index (χ0v) is 8.41. The molecule has 0 bridgehead atoms. The Labute approximate surface area is 84.2 Å². The lowest BCUT2D eigenvalue weighted by Crippen LogP contribution is -2.28. The molecule has 1 aromatic heterocycles. The van der Waals surface area contributed by atoms with Gasteiger partial charge >= 0.3 is 6.43 Å². The van der Waals surface area contributed by atoms with Crippen LogP contribution >= 0.6 is 11.3 Å². The molecular formula is C8H10F2N2OS. The molecule has 0 aliphatic carbocycles. The van der Waals surface area contributed by atoms with Crippen LogP contribution in [0.1, 0.15) is 16.8 Å². The quantitative estimate of drug-likeness (QED) is 0.837. The molecule has 1 aromatic rings. The minimum atomic E-state index is -2.96. The molecule has 0 radical (unpaired) electrons. The van der Waals surface area contributed by atoms with Gasteiger partial charge in [0.25, 0.3) is 5.91 Å². The third-order valence-electron chi connectivity index (χ3n) is 1.56. The zero-order valence-electron chi connectivity index (χ0n) is 7.59. The maximum atomic E-state index is 11.8. The lowest BCUT2D eigenvalue weighted by Gasteiger charge is -2.00.